The Labute approximate surface area is 118 Å². The minimum atomic E-state index is -0.519. The molecule has 1 rings (SSSR count). The largest absolute Gasteiger partial charge is 0.457 e. The van der Waals surface area contributed by atoms with Gasteiger partial charge in [-0.2, -0.15) is 0 Å². The van der Waals surface area contributed by atoms with Gasteiger partial charge in [-0.25, -0.2) is 9.64 Å². The van der Waals surface area contributed by atoms with Crippen molar-refractivity contribution in [1.29, 1.82) is 0 Å². The summed E-state index contributed by atoms with van der Waals surface area (Å²) >= 11 is 6.05. The SMILES string of the molecule is [C-]#[N+]c1cc(Cl)c(C=CC(=O)OC(C)(C)C)cc1C. The number of rotatable bonds is 2. The Hall–Kier alpha value is -1.79. The molecule has 0 atom stereocenters. The molecule has 0 heterocycles. The van der Waals surface area contributed by atoms with Crippen molar-refractivity contribution in [1.82, 2.24) is 0 Å². The second kappa shape index (κ2) is 5.90. The second-order valence-electron chi connectivity index (χ2n) is 5.14. The van der Waals surface area contributed by atoms with Gasteiger partial charge >= 0.3 is 5.97 Å². The maximum Gasteiger partial charge on any atom is 0.331 e. The Morgan fingerprint density at radius 1 is 1.42 bits per heavy atom. The number of esters is 1. The quantitative estimate of drug-likeness (QED) is 0.451. The summed E-state index contributed by atoms with van der Waals surface area (Å²) in [7, 11) is 0. The van der Waals surface area contributed by atoms with Crippen LogP contribution in [0.1, 0.15) is 31.9 Å². The predicted octanol–water partition coefficient (Wildman–Crippen LogP) is 4.55. The summed E-state index contributed by atoms with van der Waals surface area (Å²) in [5, 5.41) is 0.441. The first-order chi connectivity index (χ1) is 8.73. The standard InChI is InChI=1S/C15H16ClNO2/c1-10-8-11(12(16)9-13(10)17-5)6-7-14(18)19-15(2,3)4/h6-9H,1-4H3. The highest BCUT2D eigenvalue weighted by Crippen LogP contribution is 2.28. The molecule has 0 spiro atoms. The van der Waals surface area contributed by atoms with Gasteiger partial charge in [0.1, 0.15) is 5.60 Å². The number of ether oxygens (including phenoxy) is 1. The number of nitrogens with zero attached hydrogens (tertiary/aromatic N) is 1. The lowest BCUT2D eigenvalue weighted by atomic mass is 10.1. The minimum Gasteiger partial charge on any atom is -0.457 e. The lowest BCUT2D eigenvalue weighted by Crippen LogP contribution is -2.22. The molecule has 1 aromatic rings. The minimum absolute atomic E-state index is 0.421. The van der Waals surface area contributed by atoms with E-state index in [1.54, 1.807) is 39.0 Å². The number of hydrogen-bond acceptors (Lipinski definition) is 2. The first kappa shape index (κ1) is 15.3. The smallest absolute Gasteiger partial charge is 0.331 e. The Morgan fingerprint density at radius 3 is 2.58 bits per heavy atom. The molecule has 0 unspecified atom stereocenters. The number of benzene rings is 1. The number of aryl methyl sites for hydroxylation is 1. The van der Waals surface area contributed by atoms with Crippen LogP contribution in [0.5, 0.6) is 0 Å². The number of carbonyl (C=O) groups excluding carboxylic acids is 1. The van der Waals surface area contributed by atoms with Crippen LogP contribution in [0, 0.1) is 13.5 Å². The first-order valence-electron chi connectivity index (χ1n) is 5.81. The Balaban J connectivity index is 2.92. The van der Waals surface area contributed by atoms with Crippen molar-refractivity contribution >= 4 is 29.3 Å². The fourth-order valence-corrected chi connectivity index (χ4v) is 1.66. The normalized spacial score (nSPS) is 11.4. The molecule has 0 saturated heterocycles. The molecule has 4 heteroatoms. The summed E-state index contributed by atoms with van der Waals surface area (Å²) in [6, 6.07) is 3.37. The van der Waals surface area contributed by atoms with Gasteiger partial charge in [0.2, 0.25) is 0 Å². The maximum atomic E-state index is 11.6. The van der Waals surface area contributed by atoms with E-state index in [1.807, 2.05) is 6.92 Å². The average molecular weight is 278 g/mol. The van der Waals surface area contributed by atoms with E-state index in [1.165, 1.54) is 6.08 Å². The van der Waals surface area contributed by atoms with Crippen molar-refractivity contribution in [2.24, 2.45) is 0 Å². The predicted molar refractivity (Wildman–Crippen MR) is 77.3 cm³/mol. The van der Waals surface area contributed by atoms with Crippen LogP contribution in [-0.4, -0.2) is 11.6 Å². The fourth-order valence-electron chi connectivity index (χ4n) is 1.44. The van der Waals surface area contributed by atoms with Crippen LogP contribution < -0.4 is 0 Å². The van der Waals surface area contributed by atoms with Crippen LogP contribution in [0.4, 0.5) is 5.69 Å². The van der Waals surface area contributed by atoms with Crippen LogP contribution >= 0.6 is 11.6 Å². The van der Waals surface area contributed by atoms with Crippen LogP contribution in [0.15, 0.2) is 18.2 Å². The van der Waals surface area contributed by atoms with E-state index < -0.39 is 11.6 Å². The van der Waals surface area contributed by atoms with Crippen molar-refractivity contribution < 1.29 is 9.53 Å². The molecule has 0 N–H and O–H groups in total. The summed E-state index contributed by atoms with van der Waals surface area (Å²) in [5.41, 5.74) is 1.51. The van der Waals surface area contributed by atoms with E-state index in [0.717, 1.165) is 5.56 Å². The zero-order chi connectivity index (χ0) is 14.6. The highest BCUT2D eigenvalue weighted by atomic mass is 35.5. The lowest BCUT2D eigenvalue weighted by Gasteiger charge is -2.17. The molecule has 0 bridgehead atoms. The molecule has 0 radical (unpaired) electrons. The Kier molecular flexibility index (Phi) is 4.74. The topological polar surface area (TPSA) is 30.7 Å². The highest BCUT2D eigenvalue weighted by Gasteiger charge is 2.14. The summed E-state index contributed by atoms with van der Waals surface area (Å²) in [4.78, 5) is 14.9. The molecular weight excluding hydrogens is 262 g/mol. The second-order valence-corrected chi connectivity index (χ2v) is 5.55. The highest BCUT2D eigenvalue weighted by molar-refractivity contribution is 6.32. The van der Waals surface area contributed by atoms with Gasteiger partial charge in [0.25, 0.3) is 0 Å². The van der Waals surface area contributed by atoms with Gasteiger partial charge in [0.05, 0.1) is 6.57 Å². The van der Waals surface area contributed by atoms with Gasteiger partial charge in [0, 0.05) is 11.1 Å². The van der Waals surface area contributed by atoms with Gasteiger partial charge < -0.3 is 4.74 Å². The molecule has 0 saturated carbocycles. The molecule has 0 aromatic heterocycles. The molecule has 19 heavy (non-hydrogen) atoms. The zero-order valence-corrected chi connectivity index (χ0v) is 12.2. The molecule has 3 nitrogen and oxygen atoms in total. The number of hydrogen-bond donors (Lipinski definition) is 0. The lowest BCUT2D eigenvalue weighted by molar-refractivity contribution is -0.148. The van der Waals surface area contributed by atoms with E-state index in [-0.39, 0.29) is 0 Å². The molecule has 0 aliphatic heterocycles. The molecule has 1 aromatic carbocycles. The molecule has 100 valence electrons. The van der Waals surface area contributed by atoms with Gasteiger partial charge in [-0.15, -0.1) is 0 Å². The van der Waals surface area contributed by atoms with Crippen molar-refractivity contribution in [2.75, 3.05) is 0 Å². The van der Waals surface area contributed by atoms with Crippen LogP contribution in [0.2, 0.25) is 5.02 Å². The first-order valence-corrected chi connectivity index (χ1v) is 6.19. The van der Waals surface area contributed by atoms with Crippen LogP contribution in [0.3, 0.4) is 0 Å². The third kappa shape index (κ3) is 4.76. The number of carbonyl (C=O) groups is 1. The van der Waals surface area contributed by atoms with E-state index in [2.05, 4.69) is 4.85 Å². The summed E-state index contributed by atoms with van der Waals surface area (Å²) in [6.07, 6.45) is 2.93. The van der Waals surface area contributed by atoms with Crippen molar-refractivity contribution in [2.45, 2.75) is 33.3 Å². The van der Waals surface area contributed by atoms with Crippen LogP contribution in [-0.2, 0) is 9.53 Å². The van der Waals surface area contributed by atoms with Gasteiger partial charge in [0.15, 0.2) is 5.69 Å². The molecular formula is C15H16ClNO2. The summed E-state index contributed by atoms with van der Waals surface area (Å²) in [5.74, 6) is -0.421. The Morgan fingerprint density at radius 2 is 2.05 bits per heavy atom. The van der Waals surface area contributed by atoms with Gasteiger partial charge in [-0.3, -0.25) is 0 Å². The summed E-state index contributed by atoms with van der Waals surface area (Å²) < 4.78 is 5.16. The molecule has 0 aliphatic carbocycles. The van der Waals surface area contributed by atoms with E-state index in [4.69, 9.17) is 22.9 Å². The van der Waals surface area contributed by atoms with Crippen molar-refractivity contribution in [3.8, 4) is 0 Å². The summed E-state index contributed by atoms with van der Waals surface area (Å²) in [6.45, 7) is 14.2. The number of halogens is 1. The maximum absolute atomic E-state index is 11.6. The zero-order valence-electron chi connectivity index (χ0n) is 11.5. The van der Waals surface area contributed by atoms with E-state index >= 15 is 0 Å². The van der Waals surface area contributed by atoms with Gasteiger partial charge in [-0.1, -0.05) is 17.7 Å². The van der Waals surface area contributed by atoms with Crippen molar-refractivity contribution in [3.63, 3.8) is 0 Å². The monoisotopic (exact) mass is 277 g/mol. The Bertz CT molecular complexity index is 563. The fraction of sp³-hybridized carbons (Fsp3) is 0.333. The molecule has 0 fully saturated rings. The third-order valence-corrected chi connectivity index (χ3v) is 2.57. The van der Waals surface area contributed by atoms with Gasteiger partial charge in [-0.05, 0) is 51.0 Å². The molecule has 0 aliphatic rings. The average Bonchev–Trinajstić information content (AvgIpc) is 2.27. The van der Waals surface area contributed by atoms with Crippen LogP contribution in [0.25, 0.3) is 10.9 Å². The van der Waals surface area contributed by atoms with Crippen molar-refractivity contribution in [3.05, 3.63) is 45.8 Å². The van der Waals surface area contributed by atoms with E-state index in [9.17, 15) is 4.79 Å². The third-order valence-electron chi connectivity index (χ3n) is 2.24. The van der Waals surface area contributed by atoms with E-state index in [0.29, 0.717) is 16.3 Å². The molecule has 0 amide bonds.